The third-order valence-corrected chi connectivity index (χ3v) is 5.17. The number of ketones is 1. The van der Waals surface area contributed by atoms with E-state index in [1.807, 2.05) is 0 Å². The molecule has 0 bridgehead atoms. The molecule has 0 radical (unpaired) electrons. The lowest BCUT2D eigenvalue weighted by atomic mass is 9.93. The van der Waals surface area contributed by atoms with Crippen LogP contribution in [0.2, 0.25) is 0 Å². The van der Waals surface area contributed by atoms with Crippen molar-refractivity contribution in [2.75, 3.05) is 0 Å². The number of aliphatic hydroxyl groups excluding tert-OH is 1. The molecule has 0 unspecified atom stereocenters. The third kappa shape index (κ3) is 0.843. The molecule has 6 heteroatoms. The Morgan fingerprint density at radius 2 is 1.50 bits per heavy atom. The lowest BCUT2D eigenvalue weighted by molar-refractivity contribution is -0.145. The van der Waals surface area contributed by atoms with Gasteiger partial charge in [-0.05, 0) is 13.8 Å². The van der Waals surface area contributed by atoms with Gasteiger partial charge in [0.15, 0.2) is 17.7 Å². The highest BCUT2D eigenvalue weighted by atomic mass is 16.4. The summed E-state index contributed by atoms with van der Waals surface area (Å²) in [6.07, 6.45) is -1.78. The van der Waals surface area contributed by atoms with Crippen LogP contribution in [0.15, 0.2) is 0 Å². The van der Waals surface area contributed by atoms with Crippen LogP contribution in [0.5, 0.6) is 0 Å². The molecule has 6 nitrogen and oxygen atoms in total. The molecule has 0 saturated heterocycles. The van der Waals surface area contributed by atoms with E-state index in [1.165, 1.54) is 27.7 Å². The molecule has 0 heterocycles. The zero-order valence-electron chi connectivity index (χ0n) is 10.8. The van der Waals surface area contributed by atoms with Gasteiger partial charge in [-0.15, -0.1) is 0 Å². The van der Waals surface area contributed by atoms with Gasteiger partial charge in [0.05, 0.1) is 5.41 Å². The molecule has 2 aliphatic rings. The zero-order chi connectivity index (χ0) is 14.4. The van der Waals surface area contributed by atoms with Crippen LogP contribution in [0.4, 0.5) is 0 Å². The minimum atomic E-state index is -2.24. The van der Waals surface area contributed by atoms with Crippen molar-refractivity contribution in [1.29, 1.82) is 0 Å². The van der Waals surface area contributed by atoms with Crippen molar-refractivity contribution in [2.24, 2.45) is 10.8 Å². The van der Waals surface area contributed by atoms with Crippen molar-refractivity contribution >= 4 is 12.1 Å². The number of rotatable bonds is 3. The topological polar surface area (TPSA) is 115 Å². The predicted octanol–water partition coefficient (Wildman–Crippen LogP) is -1.61. The van der Waals surface area contributed by atoms with Crippen molar-refractivity contribution in [1.82, 2.24) is 0 Å². The predicted molar refractivity (Wildman–Crippen MR) is 59.5 cm³/mol. The van der Waals surface area contributed by atoms with Gasteiger partial charge in [0.25, 0.3) is 0 Å². The van der Waals surface area contributed by atoms with Gasteiger partial charge in [0.2, 0.25) is 0 Å². The van der Waals surface area contributed by atoms with E-state index < -0.39 is 39.5 Å². The van der Waals surface area contributed by atoms with E-state index in [0.717, 1.165) is 0 Å². The minimum Gasteiger partial charge on any atom is -0.383 e. The maximum absolute atomic E-state index is 11.7. The third-order valence-electron chi connectivity index (χ3n) is 5.17. The first-order chi connectivity index (χ1) is 7.89. The summed E-state index contributed by atoms with van der Waals surface area (Å²) in [6.45, 7) is 5.66. The molecule has 0 aromatic carbocycles. The Morgan fingerprint density at radius 1 is 1.11 bits per heavy atom. The molecule has 2 fully saturated rings. The van der Waals surface area contributed by atoms with E-state index >= 15 is 0 Å². The first kappa shape index (κ1) is 13.6. The first-order valence-electron chi connectivity index (χ1n) is 5.74. The number of hydrogen-bond donors (Lipinski definition) is 4. The second-order valence-corrected chi connectivity index (χ2v) is 6.35. The Kier molecular flexibility index (Phi) is 2.15. The SMILES string of the molecule is CC1(C)C(=O)[C@]1(O)[C@]1(O)C(C)(C)[C@]1(O)[C@H](O)C=O. The van der Waals surface area contributed by atoms with Crippen LogP contribution < -0.4 is 0 Å². The van der Waals surface area contributed by atoms with Crippen molar-refractivity contribution in [3.63, 3.8) is 0 Å². The Labute approximate surface area is 104 Å². The fourth-order valence-electron chi connectivity index (χ4n) is 3.49. The number of aldehydes is 1. The molecule has 4 N–H and O–H groups in total. The summed E-state index contributed by atoms with van der Waals surface area (Å²) in [4.78, 5) is 22.4. The van der Waals surface area contributed by atoms with E-state index in [-0.39, 0.29) is 6.29 Å². The van der Waals surface area contributed by atoms with E-state index in [0.29, 0.717) is 0 Å². The van der Waals surface area contributed by atoms with Gasteiger partial charge in [-0.3, -0.25) is 4.79 Å². The summed E-state index contributed by atoms with van der Waals surface area (Å²) >= 11 is 0. The normalized spacial score (nSPS) is 49.7. The van der Waals surface area contributed by atoms with E-state index in [2.05, 4.69) is 0 Å². The van der Waals surface area contributed by atoms with Crippen molar-refractivity contribution < 1.29 is 30.0 Å². The molecular weight excluding hydrogens is 240 g/mol. The van der Waals surface area contributed by atoms with E-state index in [9.17, 15) is 30.0 Å². The Morgan fingerprint density at radius 3 is 1.78 bits per heavy atom. The van der Waals surface area contributed by atoms with Gasteiger partial charge in [-0.1, -0.05) is 13.8 Å². The molecule has 4 atom stereocenters. The van der Waals surface area contributed by atoms with Crippen LogP contribution in [0, 0.1) is 10.8 Å². The molecule has 102 valence electrons. The van der Waals surface area contributed by atoms with Gasteiger partial charge >= 0.3 is 0 Å². The fourth-order valence-corrected chi connectivity index (χ4v) is 3.49. The van der Waals surface area contributed by atoms with Gasteiger partial charge in [-0.25, -0.2) is 0 Å². The molecule has 0 spiro atoms. The zero-order valence-corrected chi connectivity index (χ0v) is 10.8. The summed E-state index contributed by atoms with van der Waals surface area (Å²) < 4.78 is 0. The second kappa shape index (κ2) is 2.85. The number of hydrogen-bond acceptors (Lipinski definition) is 6. The summed E-state index contributed by atoms with van der Waals surface area (Å²) in [6, 6.07) is 0. The molecular formula is C12H18O6. The molecule has 0 aliphatic heterocycles. The van der Waals surface area contributed by atoms with E-state index in [1.54, 1.807) is 0 Å². The lowest BCUT2D eigenvalue weighted by Crippen LogP contribution is -2.49. The molecule has 0 amide bonds. The summed E-state index contributed by atoms with van der Waals surface area (Å²) in [5.74, 6) is -0.611. The van der Waals surface area contributed by atoms with Crippen LogP contribution in [0.3, 0.4) is 0 Å². The lowest BCUT2D eigenvalue weighted by Gasteiger charge is -2.24. The van der Waals surface area contributed by atoms with Gasteiger partial charge in [0.1, 0.15) is 17.3 Å². The maximum Gasteiger partial charge on any atom is 0.177 e. The molecule has 0 aromatic heterocycles. The van der Waals surface area contributed by atoms with Crippen LogP contribution in [0.1, 0.15) is 27.7 Å². The standard InChI is InChI=1S/C12H18O6/c1-8(2)7(15)11(8,17)12(18)9(3,4)10(12,16)6(14)5-13/h5-6,14,16-18H,1-4H3/t6-,10-,11-,12+/m1/s1. The Bertz CT molecular complexity index is 455. The number of Topliss-reactive ketones (excluding diaryl/α,β-unsaturated/α-hetero) is 1. The van der Waals surface area contributed by atoms with Crippen LogP contribution in [-0.4, -0.2) is 55.4 Å². The van der Waals surface area contributed by atoms with Gasteiger partial charge in [-0.2, -0.15) is 0 Å². The number of aliphatic hydroxyl groups is 4. The van der Waals surface area contributed by atoms with Crippen LogP contribution in [0.25, 0.3) is 0 Å². The smallest absolute Gasteiger partial charge is 0.177 e. The fraction of sp³-hybridized carbons (Fsp3) is 0.833. The van der Waals surface area contributed by atoms with Gasteiger partial charge < -0.3 is 25.2 Å². The number of carbonyl (C=O) groups is 2. The van der Waals surface area contributed by atoms with Crippen molar-refractivity contribution in [2.45, 2.75) is 50.6 Å². The average molecular weight is 258 g/mol. The number of carbonyl (C=O) groups excluding carboxylic acids is 2. The minimum absolute atomic E-state index is 0.0862. The molecule has 0 aromatic rings. The van der Waals surface area contributed by atoms with Gasteiger partial charge in [0, 0.05) is 5.41 Å². The first-order valence-corrected chi connectivity index (χ1v) is 5.74. The highest BCUT2D eigenvalue weighted by Gasteiger charge is 3.00. The second-order valence-electron chi connectivity index (χ2n) is 6.35. The Hall–Kier alpha value is -0.820. The molecule has 2 aliphatic carbocycles. The average Bonchev–Trinajstić information content (AvgIpc) is 2.87. The highest BCUT2D eigenvalue weighted by Crippen LogP contribution is 2.78. The largest absolute Gasteiger partial charge is 0.383 e. The quantitative estimate of drug-likeness (QED) is 0.453. The Balaban J connectivity index is 2.54. The van der Waals surface area contributed by atoms with Crippen molar-refractivity contribution in [3.8, 4) is 0 Å². The van der Waals surface area contributed by atoms with Crippen LogP contribution in [-0.2, 0) is 9.59 Å². The summed E-state index contributed by atoms with van der Waals surface area (Å²) in [5, 5.41) is 40.8. The maximum atomic E-state index is 11.7. The van der Waals surface area contributed by atoms with E-state index in [4.69, 9.17) is 0 Å². The monoisotopic (exact) mass is 258 g/mol. The summed E-state index contributed by atoms with van der Waals surface area (Å²) in [5.41, 5.74) is -9.22. The molecule has 2 rings (SSSR count). The molecule has 18 heavy (non-hydrogen) atoms. The summed E-state index contributed by atoms with van der Waals surface area (Å²) in [7, 11) is 0. The van der Waals surface area contributed by atoms with Crippen molar-refractivity contribution in [3.05, 3.63) is 0 Å². The van der Waals surface area contributed by atoms with Crippen LogP contribution >= 0.6 is 0 Å². The molecule has 2 saturated carbocycles. The highest BCUT2D eigenvalue weighted by molar-refractivity contribution is 6.13.